The maximum atomic E-state index is 4.58. The van der Waals surface area contributed by atoms with E-state index < -0.39 is 0 Å². The molecule has 0 unspecified atom stereocenters. The van der Waals surface area contributed by atoms with Gasteiger partial charge in [0.15, 0.2) is 10.0 Å². The van der Waals surface area contributed by atoms with Crippen LogP contribution in [0, 0.1) is 0 Å². The first-order valence-corrected chi connectivity index (χ1v) is 19.6. The summed E-state index contributed by atoms with van der Waals surface area (Å²) in [6.07, 6.45) is 18.7. The number of aromatic nitrogens is 2. The highest BCUT2D eigenvalue weighted by molar-refractivity contribution is 7.29. The smallest absolute Gasteiger partial charge is 0.143 e. The van der Waals surface area contributed by atoms with Gasteiger partial charge in [0.2, 0.25) is 0 Å². The van der Waals surface area contributed by atoms with E-state index in [4.69, 9.17) is 0 Å². The Morgan fingerprint density at radius 3 is 1.34 bits per heavy atom. The van der Waals surface area contributed by atoms with Crippen LogP contribution in [0.1, 0.15) is 102 Å². The zero-order chi connectivity index (χ0) is 28.3. The molecule has 5 heterocycles. The first-order chi connectivity index (χ1) is 20.2. The summed E-state index contributed by atoms with van der Waals surface area (Å²) in [5.74, 6) is 0. The van der Waals surface area contributed by atoms with E-state index in [1.807, 2.05) is 45.3 Å². The average Bonchev–Trinajstić information content (AvgIpc) is 3.81. The van der Waals surface area contributed by atoms with Crippen molar-refractivity contribution in [2.24, 2.45) is 0 Å². The lowest BCUT2D eigenvalue weighted by molar-refractivity contribution is 0.608. The van der Waals surface area contributed by atoms with Gasteiger partial charge in [-0.05, 0) is 84.0 Å². The molecule has 7 heteroatoms. The molecule has 0 saturated heterocycles. The molecule has 2 nitrogen and oxygen atoms in total. The van der Waals surface area contributed by atoms with Crippen molar-refractivity contribution >= 4 is 56.7 Å². The molecule has 0 aliphatic heterocycles. The van der Waals surface area contributed by atoms with Crippen LogP contribution in [-0.4, -0.2) is 10.2 Å². The third kappa shape index (κ3) is 8.93. The quantitative estimate of drug-likeness (QED) is 0.0892. The molecule has 0 aliphatic rings. The fraction of sp³-hybridized carbons (Fsp3) is 0.471. The summed E-state index contributed by atoms with van der Waals surface area (Å²) in [6.45, 7) is 4.56. The van der Waals surface area contributed by atoms with Crippen LogP contribution in [0.3, 0.4) is 0 Å². The maximum absolute atomic E-state index is 4.58. The SMILES string of the molecule is CCCCCCCCc1csc(-c2ccc(-c3nnc(-c4ccc(-c5cc(CCCCCCCC)cs5)s4)s3)s2)c1. The van der Waals surface area contributed by atoms with Crippen molar-refractivity contribution in [1.82, 2.24) is 10.2 Å². The summed E-state index contributed by atoms with van der Waals surface area (Å²) in [4.78, 5) is 7.85. The fourth-order valence-corrected chi connectivity index (χ4v) is 10.1. The second-order valence-electron chi connectivity index (χ2n) is 10.9. The Balaban J connectivity index is 1.14. The molecule has 0 bridgehead atoms. The molecular formula is C34H42N2S5. The summed E-state index contributed by atoms with van der Waals surface area (Å²) < 4.78 is 0. The van der Waals surface area contributed by atoms with Crippen LogP contribution < -0.4 is 0 Å². The highest BCUT2D eigenvalue weighted by Gasteiger charge is 2.15. The zero-order valence-corrected chi connectivity index (χ0v) is 28.5. The van der Waals surface area contributed by atoms with E-state index in [1.54, 1.807) is 11.3 Å². The minimum absolute atomic E-state index is 1.02. The number of thiophene rings is 4. The Bertz CT molecular complexity index is 1340. The predicted molar refractivity (Wildman–Crippen MR) is 187 cm³/mol. The van der Waals surface area contributed by atoms with Crippen molar-refractivity contribution < 1.29 is 0 Å². The molecule has 0 atom stereocenters. The molecule has 0 spiro atoms. The van der Waals surface area contributed by atoms with E-state index in [0.29, 0.717) is 0 Å². The predicted octanol–water partition coefficient (Wildman–Crippen LogP) is 13.3. The standard InChI is InChI=1S/C34H42N2S5/c1-3-5-7-9-11-13-15-25-21-31(37-23-25)27-17-19-29(39-27)33-35-36-34(41-33)30-20-18-28(40-30)32-22-26(24-38-32)16-14-12-10-8-6-4-2/h17-24H,3-16H2,1-2H3. The Kier molecular flexibility index (Phi) is 12.2. The molecule has 0 fully saturated rings. The number of rotatable bonds is 18. The van der Waals surface area contributed by atoms with Gasteiger partial charge in [-0.3, -0.25) is 0 Å². The van der Waals surface area contributed by atoms with Crippen LogP contribution in [0.25, 0.3) is 39.3 Å². The van der Waals surface area contributed by atoms with Gasteiger partial charge in [0.05, 0.1) is 9.75 Å². The number of aryl methyl sites for hydroxylation is 2. The summed E-state index contributed by atoms with van der Waals surface area (Å²) >= 11 is 9.14. The lowest BCUT2D eigenvalue weighted by Crippen LogP contribution is -1.83. The van der Waals surface area contributed by atoms with Crippen LogP contribution >= 0.6 is 56.7 Å². The summed E-state index contributed by atoms with van der Waals surface area (Å²) in [5, 5.41) is 15.9. The topological polar surface area (TPSA) is 25.8 Å². The number of unbranched alkanes of at least 4 members (excludes halogenated alkanes) is 10. The molecule has 5 rings (SSSR count). The van der Waals surface area contributed by atoms with Gasteiger partial charge in [-0.25, -0.2) is 0 Å². The van der Waals surface area contributed by atoms with Crippen molar-refractivity contribution in [1.29, 1.82) is 0 Å². The first-order valence-electron chi connectivity index (χ1n) is 15.4. The normalized spacial score (nSPS) is 11.6. The van der Waals surface area contributed by atoms with Gasteiger partial charge in [-0.15, -0.1) is 55.5 Å². The van der Waals surface area contributed by atoms with Gasteiger partial charge in [-0.2, -0.15) is 0 Å². The lowest BCUT2D eigenvalue weighted by Gasteiger charge is -1.99. The third-order valence-electron chi connectivity index (χ3n) is 7.49. The Labute approximate surface area is 266 Å². The number of hydrogen-bond donors (Lipinski definition) is 0. The van der Waals surface area contributed by atoms with Crippen molar-refractivity contribution in [2.45, 2.75) is 104 Å². The van der Waals surface area contributed by atoms with Gasteiger partial charge in [0.25, 0.3) is 0 Å². The molecule has 0 aliphatic carbocycles. The maximum Gasteiger partial charge on any atom is 0.158 e. The van der Waals surface area contributed by atoms with Crippen molar-refractivity contribution in [2.75, 3.05) is 0 Å². The van der Waals surface area contributed by atoms with Crippen LogP contribution in [0.4, 0.5) is 0 Å². The van der Waals surface area contributed by atoms with E-state index in [0.717, 1.165) is 10.0 Å². The summed E-state index contributed by atoms with van der Waals surface area (Å²) in [5.41, 5.74) is 2.98. The first kappa shape index (κ1) is 30.8. The van der Waals surface area contributed by atoms with Gasteiger partial charge >= 0.3 is 0 Å². The minimum atomic E-state index is 1.02. The van der Waals surface area contributed by atoms with Gasteiger partial charge < -0.3 is 0 Å². The molecular weight excluding hydrogens is 597 g/mol. The molecule has 41 heavy (non-hydrogen) atoms. The van der Waals surface area contributed by atoms with Crippen LogP contribution in [-0.2, 0) is 12.8 Å². The molecule has 5 aromatic rings. The van der Waals surface area contributed by atoms with E-state index in [9.17, 15) is 0 Å². The molecule has 218 valence electrons. The zero-order valence-electron chi connectivity index (χ0n) is 24.5. The molecule has 0 amide bonds. The van der Waals surface area contributed by atoms with E-state index in [2.05, 4.69) is 71.2 Å². The second kappa shape index (κ2) is 16.3. The second-order valence-corrected chi connectivity index (χ2v) is 15.9. The number of nitrogens with zero attached hydrogens (tertiary/aromatic N) is 2. The fourth-order valence-electron chi connectivity index (χ4n) is 5.08. The largest absolute Gasteiger partial charge is 0.158 e. The molecule has 0 saturated carbocycles. The van der Waals surface area contributed by atoms with Gasteiger partial charge in [-0.1, -0.05) is 89.4 Å². The van der Waals surface area contributed by atoms with E-state index >= 15 is 0 Å². The number of hydrogen-bond acceptors (Lipinski definition) is 7. The molecule has 5 aromatic heterocycles. The Hall–Kier alpha value is -1.64. The average molecular weight is 639 g/mol. The Morgan fingerprint density at radius 2 is 0.878 bits per heavy atom. The summed E-state index contributed by atoms with van der Waals surface area (Å²) in [7, 11) is 0. The van der Waals surface area contributed by atoms with Gasteiger partial charge in [0, 0.05) is 19.5 Å². The van der Waals surface area contributed by atoms with Crippen LogP contribution in [0.15, 0.2) is 47.2 Å². The van der Waals surface area contributed by atoms with Crippen molar-refractivity contribution in [3.05, 3.63) is 58.3 Å². The lowest BCUT2D eigenvalue weighted by atomic mass is 10.1. The minimum Gasteiger partial charge on any atom is -0.143 e. The highest BCUT2D eigenvalue weighted by Crippen LogP contribution is 2.42. The molecule has 0 aromatic carbocycles. The van der Waals surface area contributed by atoms with E-state index in [1.165, 1.54) is 130 Å². The highest BCUT2D eigenvalue weighted by atomic mass is 32.1. The summed E-state index contributed by atoms with van der Waals surface area (Å²) in [6, 6.07) is 13.7. The van der Waals surface area contributed by atoms with Gasteiger partial charge in [0.1, 0.15) is 0 Å². The monoisotopic (exact) mass is 638 g/mol. The van der Waals surface area contributed by atoms with Crippen LogP contribution in [0.2, 0.25) is 0 Å². The van der Waals surface area contributed by atoms with Crippen molar-refractivity contribution in [3.63, 3.8) is 0 Å². The van der Waals surface area contributed by atoms with E-state index in [-0.39, 0.29) is 0 Å². The third-order valence-corrected chi connectivity index (χ3v) is 13.3. The van der Waals surface area contributed by atoms with Crippen LogP contribution in [0.5, 0.6) is 0 Å². The Morgan fingerprint density at radius 1 is 0.463 bits per heavy atom. The molecule has 0 N–H and O–H groups in total. The van der Waals surface area contributed by atoms with Crippen molar-refractivity contribution in [3.8, 4) is 39.3 Å². The molecule has 0 radical (unpaired) electrons.